The highest BCUT2D eigenvalue weighted by Gasteiger charge is 2.29. The first-order chi connectivity index (χ1) is 10.5. The number of rotatable bonds is 4. The Hall–Kier alpha value is -0.920. The largest absolute Gasteiger partial charge is 0.482 e. The van der Waals surface area contributed by atoms with Crippen LogP contribution in [0.25, 0.3) is 0 Å². The van der Waals surface area contributed by atoms with E-state index in [4.69, 9.17) is 21.1 Å². The summed E-state index contributed by atoms with van der Waals surface area (Å²) in [6.45, 7) is 0.821. The lowest BCUT2D eigenvalue weighted by Gasteiger charge is -2.30. The minimum absolute atomic E-state index is 0.111. The van der Waals surface area contributed by atoms with E-state index in [-0.39, 0.29) is 23.7 Å². The fourth-order valence-corrected chi connectivity index (χ4v) is 3.83. The second kappa shape index (κ2) is 8.08. The lowest BCUT2D eigenvalue weighted by molar-refractivity contribution is -0.141. The third-order valence-corrected chi connectivity index (χ3v) is 5.08. The number of hydrogen-bond acceptors (Lipinski definition) is 5. The Morgan fingerprint density at radius 2 is 2.27 bits per heavy atom. The van der Waals surface area contributed by atoms with Crippen molar-refractivity contribution in [3.05, 3.63) is 27.7 Å². The molecule has 0 bridgehead atoms. The van der Waals surface area contributed by atoms with Gasteiger partial charge in [-0.25, -0.2) is 0 Å². The summed E-state index contributed by atoms with van der Waals surface area (Å²) in [7, 11) is 1.35. The van der Waals surface area contributed by atoms with Crippen molar-refractivity contribution in [3.63, 3.8) is 0 Å². The summed E-state index contributed by atoms with van der Waals surface area (Å²) in [6, 6.07) is 5.19. The average molecular weight is 409 g/mol. The van der Waals surface area contributed by atoms with Gasteiger partial charge in [-0.3, -0.25) is 9.59 Å². The van der Waals surface area contributed by atoms with Gasteiger partial charge in [0, 0.05) is 23.3 Å². The smallest absolute Gasteiger partial charge is 0.320 e. The molecule has 0 saturated carbocycles. The normalized spacial score (nSPS) is 18.0. The Morgan fingerprint density at radius 1 is 1.50 bits per heavy atom. The number of carbonyl (C=O) groups is 2. The van der Waals surface area contributed by atoms with E-state index in [1.807, 2.05) is 0 Å². The molecule has 0 aromatic heterocycles. The Kier molecular flexibility index (Phi) is 6.40. The Balaban J connectivity index is 1.90. The number of ether oxygens (including phenoxy) is 2. The van der Waals surface area contributed by atoms with Gasteiger partial charge < -0.3 is 14.4 Å². The molecule has 2 rings (SSSR count). The molecule has 1 heterocycles. The molecule has 1 aliphatic rings. The fourth-order valence-electron chi connectivity index (χ4n) is 1.97. The van der Waals surface area contributed by atoms with Crippen molar-refractivity contribution in [1.29, 1.82) is 0 Å². The Labute approximate surface area is 146 Å². The van der Waals surface area contributed by atoms with Crippen LogP contribution in [0.2, 0.25) is 5.02 Å². The van der Waals surface area contributed by atoms with Crippen LogP contribution >= 0.6 is 39.3 Å². The summed E-state index contributed by atoms with van der Waals surface area (Å²) in [6.07, 6.45) is 0. The molecule has 8 heteroatoms. The number of hydrogen-bond donors (Lipinski definition) is 0. The Bertz CT molecular complexity index is 572. The maximum absolute atomic E-state index is 12.2. The van der Waals surface area contributed by atoms with Gasteiger partial charge >= 0.3 is 5.97 Å². The number of thioether (sulfide) groups is 1. The summed E-state index contributed by atoms with van der Waals surface area (Å²) in [5.74, 6) is 0.673. The van der Waals surface area contributed by atoms with Crippen LogP contribution in [0.15, 0.2) is 22.7 Å². The molecular weight excluding hydrogens is 394 g/mol. The second-order valence-electron chi connectivity index (χ2n) is 4.59. The van der Waals surface area contributed by atoms with Crippen LogP contribution in [0, 0.1) is 0 Å². The molecule has 22 heavy (non-hydrogen) atoms. The van der Waals surface area contributed by atoms with E-state index < -0.39 is 0 Å². The molecule has 1 atom stereocenters. The van der Waals surface area contributed by atoms with Gasteiger partial charge in [-0.15, -0.1) is 11.8 Å². The van der Waals surface area contributed by atoms with Crippen molar-refractivity contribution in [3.8, 4) is 5.75 Å². The predicted molar refractivity (Wildman–Crippen MR) is 89.5 cm³/mol. The lowest BCUT2D eigenvalue weighted by atomic mass is 10.3. The molecule has 0 N–H and O–H groups in total. The molecule has 0 unspecified atom stereocenters. The van der Waals surface area contributed by atoms with Crippen LogP contribution in [-0.2, 0) is 14.3 Å². The number of halogens is 2. The van der Waals surface area contributed by atoms with Gasteiger partial charge in [0.2, 0.25) is 0 Å². The number of methoxy groups -OCH3 is 1. The fraction of sp³-hybridized carbons (Fsp3) is 0.429. The van der Waals surface area contributed by atoms with E-state index in [0.29, 0.717) is 29.6 Å². The summed E-state index contributed by atoms with van der Waals surface area (Å²) in [4.78, 5) is 25.4. The van der Waals surface area contributed by atoms with E-state index in [1.165, 1.54) is 18.9 Å². The second-order valence-corrected chi connectivity index (χ2v) is 7.22. The highest BCUT2D eigenvalue weighted by Crippen LogP contribution is 2.28. The molecular formula is C14H15BrClNO4S. The van der Waals surface area contributed by atoms with Gasteiger partial charge in [0.25, 0.3) is 5.91 Å². The number of amides is 1. The zero-order chi connectivity index (χ0) is 16.1. The molecule has 1 aromatic rings. The Morgan fingerprint density at radius 3 is 2.95 bits per heavy atom. The predicted octanol–water partition coefficient (Wildman–Crippen LogP) is 2.60. The van der Waals surface area contributed by atoms with Crippen molar-refractivity contribution < 1.29 is 19.1 Å². The molecule has 1 aliphatic heterocycles. The number of benzene rings is 1. The van der Waals surface area contributed by atoms with Crippen molar-refractivity contribution in [2.24, 2.45) is 0 Å². The number of carbonyl (C=O) groups excluding carboxylic acids is 2. The van der Waals surface area contributed by atoms with Gasteiger partial charge in [0.1, 0.15) is 11.0 Å². The van der Waals surface area contributed by atoms with Crippen molar-refractivity contribution in [2.75, 3.05) is 32.6 Å². The average Bonchev–Trinajstić information content (AvgIpc) is 2.53. The van der Waals surface area contributed by atoms with Crippen LogP contribution < -0.4 is 4.74 Å². The van der Waals surface area contributed by atoms with Crippen LogP contribution in [-0.4, -0.2) is 54.6 Å². The molecule has 0 spiro atoms. The number of esters is 1. The third-order valence-electron chi connectivity index (χ3n) is 3.13. The van der Waals surface area contributed by atoms with Crippen LogP contribution in [0.3, 0.4) is 0 Å². The zero-order valence-corrected chi connectivity index (χ0v) is 15.0. The summed E-state index contributed by atoms with van der Waals surface area (Å²) in [5.41, 5.74) is 0. The first-order valence-corrected chi connectivity index (χ1v) is 8.78. The highest BCUT2D eigenvalue weighted by atomic mass is 79.9. The standard InChI is InChI=1S/C14H15BrClNO4S/c1-20-14(19)12-7-17(4-5-22-12)13(18)8-21-11-3-2-9(15)6-10(11)16/h2-3,6,12H,4-5,7-8H2,1H3/t12-/m1/s1. The molecule has 1 saturated heterocycles. The minimum Gasteiger partial charge on any atom is -0.482 e. The van der Waals surface area contributed by atoms with E-state index >= 15 is 0 Å². The van der Waals surface area contributed by atoms with E-state index in [0.717, 1.165) is 4.47 Å². The summed E-state index contributed by atoms with van der Waals surface area (Å²) < 4.78 is 11.0. The monoisotopic (exact) mass is 407 g/mol. The summed E-state index contributed by atoms with van der Waals surface area (Å²) in [5, 5.41) is 0.0998. The van der Waals surface area contributed by atoms with Crippen LogP contribution in [0.1, 0.15) is 0 Å². The summed E-state index contributed by atoms with van der Waals surface area (Å²) >= 11 is 10.8. The van der Waals surface area contributed by atoms with Gasteiger partial charge in [-0.1, -0.05) is 27.5 Å². The van der Waals surface area contributed by atoms with E-state index in [9.17, 15) is 9.59 Å². The van der Waals surface area contributed by atoms with Crippen molar-refractivity contribution in [1.82, 2.24) is 4.90 Å². The first kappa shape index (κ1) is 17.4. The SMILES string of the molecule is COC(=O)[C@H]1CN(C(=O)COc2ccc(Br)cc2Cl)CCS1. The topological polar surface area (TPSA) is 55.8 Å². The molecule has 0 radical (unpaired) electrons. The van der Waals surface area contributed by atoms with Gasteiger partial charge in [-0.2, -0.15) is 0 Å². The molecule has 0 aliphatic carbocycles. The van der Waals surface area contributed by atoms with Gasteiger partial charge in [0.15, 0.2) is 6.61 Å². The highest BCUT2D eigenvalue weighted by molar-refractivity contribution is 9.10. The maximum atomic E-state index is 12.2. The maximum Gasteiger partial charge on any atom is 0.320 e. The van der Waals surface area contributed by atoms with Crippen LogP contribution in [0.4, 0.5) is 0 Å². The minimum atomic E-state index is -0.334. The molecule has 1 amide bonds. The van der Waals surface area contributed by atoms with Gasteiger partial charge in [-0.05, 0) is 18.2 Å². The zero-order valence-electron chi connectivity index (χ0n) is 11.9. The molecule has 1 aromatic carbocycles. The van der Waals surface area contributed by atoms with Crippen molar-refractivity contribution in [2.45, 2.75) is 5.25 Å². The molecule has 120 valence electrons. The van der Waals surface area contributed by atoms with Crippen molar-refractivity contribution >= 4 is 51.2 Å². The third kappa shape index (κ3) is 4.54. The number of nitrogens with zero attached hydrogens (tertiary/aromatic N) is 1. The van der Waals surface area contributed by atoms with Crippen LogP contribution in [0.5, 0.6) is 5.75 Å². The van der Waals surface area contributed by atoms with Gasteiger partial charge in [0.05, 0.1) is 12.1 Å². The van der Waals surface area contributed by atoms with E-state index in [1.54, 1.807) is 23.1 Å². The lowest BCUT2D eigenvalue weighted by Crippen LogP contribution is -2.46. The first-order valence-electron chi connectivity index (χ1n) is 6.56. The molecule has 1 fully saturated rings. The quantitative estimate of drug-likeness (QED) is 0.717. The van der Waals surface area contributed by atoms with E-state index in [2.05, 4.69) is 15.9 Å². The molecule has 5 nitrogen and oxygen atoms in total.